The SMILES string of the molecule is Cn1ccnc1NC(=O)C1C2CCC(O2)C1C(F)(F)F. The van der Waals surface area contributed by atoms with Gasteiger partial charge in [-0.1, -0.05) is 0 Å². The van der Waals surface area contributed by atoms with Gasteiger partial charge in [0.05, 0.1) is 24.0 Å². The van der Waals surface area contributed by atoms with Crippen molar-refractivity contribution in [2.45, 2.75) is 31.2 Å². The lowest BCUT2D eigenvalue weighted by atomic mass is 9.78. The van der Waals surface area contributed by atoms with E-state index in [0.29, 0.717) is 12.8 Å². The van der Waals surface area contributed by atoms with Crippen molar-refractivity contribution in [2.75, 3.05) is 5.32 Å². The van der Waals surface area contributed by atoms with Crippen molar-refractivity contribution in [3.63, 3.8) is 0 Å². The van der Waals surface area contributed by atoms with Gasteiger partial charge in [-0.05, 0) is 12.8 Å². The van der Waals surface area contributed by atoms with Gasteiger partial charge in [-0.3, -0.25) is 10.1 Å². The molecule has 8 heteroatoms. The topological polar surface area (TPSA) is 56.2 Å². The monoisotopic (exact) mass is 289 g/mol. The van der Waals surface area contributed by atoms with E-state index in [-0.39, 0.29) is 5.95 Å². The molecule has 3 heterocycles. The van der Waals surface area contributed by atoms with Crippen LogP contribution in [0.15, 0.2) is 12.4 Å². The van der Waals surface area contributed by atoms with Crippen molar-refractivity contribution in [3.8, 4) is 0 Å². The lowest BCUT2D eigenvalue weighted by Gasteiger charge is -2.28. The number of rotatable bonds is 2. The second kappa shape index (κ2) is 4.47. The van der Waals surface area contributed by atoms with Crippen LogP contribution in [-0.2, 0) is 16.6 Å². The van der Waals surface area contributed by atoms with Gasteiger partial charge < -0.3 is 9.30 Å². The van der Waals surface area contributed by atoms with Crippen LogP contribution in [0.4, 0.5) is 19.1 Å². The maximum Gasteiger partial charge on any atom is 0.395 e. The number of halogens is 3. The van der Waals surface area contributed by atoms with Crippen LogP contribution in [0.2, 0.25) is 0 Å². The Morgan fingerprint density at radius 3 is 2.75 bits per heavy atom. The first-order valence-corrected chi connectivity index (χ1v) is 6.38. The summed E-state index contributed by atoms with van der Waals surface area (Å²) < 4.78 is 46.1. The first-order chi connectivity index (χ1) is 9.38. The maximum absolute atomic E-state index is 13.1. The standard InChI is InChI=1S/C12H14F3N3O2/c1-18-5-4-16-11(18)17-10(19)8-6-2-3-7(20-6)9(8)12(13,14)15/h4-9H,2-3H2,1H3,(H,16,17,19). The van der Waals surface area contributed by atoms with Gasteiger partial charge in [-0.2, -0.15) is 13.2 Å². The molecular weight excluding hydrogens is 275 g/mol. The molecule has 2 saturated heterocycles. The molecule has 1 aromatic heterocycles. The Morgan fingerprint density at radius 1 is 1.45 bits per heavy atom. The minimum absolute atomic E-state index is 0.235. The highest BCUT2D eigenvalue weighted by Crippen LogP contribution is 2.50. The number of amides is 1. The Balaban J connectivity index is 1.81. The molecule has 0 aromatic carbocycles. The number of ether oxygens (including phenoxy) is 1. The van der Waals surface area contributed by atoms with Crippen molar-refractivity contribution in [1.82, 2.24) is 9.55 Å². The lowest BCUT2D eigenvalue weighted by molar-refractivity contribution is -0.196. The molecule has 5 nitrogen and oxygen atoms in total. The molecule has 1 N–H and O–H groups in total. The summed E-state index contributed by atoms with van der Waals surface area (Å²) in [6.07, 6.45) is -2.04. The number of carbonyl (C=O) groups is 1. The van der Waals surface area contributed by atoms with Crippen molar-refractivity contribution >= 4 is 11.9 Å². The Kier molecular flexibility index (Phi) is 3.00. The third-order valence-electron chi connectivity index (χ3n) is 4.01. The number of nitrogens with one attached hydrogen (secondary N) is 1. The van der Waals surface area contributed by atoms with Crippen LogP contribution in [0.5, 0.6) is 0 Å². The number of aromatic nitrogens is 2. The average molecular weight is 289 g/mol. The van der Waals surface area contributed by atoms with E-state index in [2.05, 4.69) is 10.3 Å². The molecule has 0 aliphatic carbocycles. The van der Waals surface area contributed by atoms with Crippen LogP contribution < -0.4 is 5.32 Å². The van der Waals surface area contributed by atoms with E-state index >= 15 is 0 Å². The first kappa shape index (κ1) is 13.4. The van der Waals surface area contributed by atoms with Crippen LogP contribution in [0.1, 0.15) is 12.8 Å². The summed E-state index contributed by atoms with van der Waals surface area (Å²) >= 11 is 0. The number of nitrogens with zero attached hydrogens (tertiary/aromatic N) is 2. The summed E-state index contributed by atoms with van der Waals surface area (Å²) in [6.45, 7) is 0. The number of hydrogen-bond acceptors (Lipinski definition) is 3. The molecule has 2 aliphatic rings. The second-order valence-corrected chi connectivity index (χ2v) is 5.23. The largest absolute Gasteiger partial charge is 0.395 e. The third kappa shape index (κ3) is 2.07. The van der Waals surface area contributed by atoms with E-state index in [9.17, 15) is 18.0 Å². The molecule has 0 radical (unpaired) electrons. The van der Waals surface area contributed by atoms with Crippen molar-refractivity contribution in [2.24, 2.45) is 18.9 Å². The van der Waals surface area contributed by atoms with E-state index in [1.54, 1.807) is 13.2 Å². The molecule has 4 atom stereocenters. The molecule has 3 rings (SSSR count). The van der Waals surface area contributed by atoms with Crippen LogP contribution >= 0.6 is 0 Å². The Bertz CT molecular complexity index is 528. The van der Waals surface area contributed by atoms with Gasteiger partial charge in [0.25, 0.3) is 0 Å². The fourth-order valence-electron chi connectivity index (χ4n) is 3.11. The van der Waals surface area contributed by atoms with Crippen LogP contribution in [0, 0.1) is 11.8 Å². The van der Waals surface area contributed by atoms with Gasteiger partial charge in [-0.25, -0.2) is 4.98 Å². The van der Waals surface area contributed by atoms with Crippen LogP contribution in [0.25, 0.3) is 0 Å². The fraction of sp³-hybridized carbons (Fsp3) is 0.667. The summed E-state index contributed by atoms with van der Waals surface area (Å²) in [5.74, 6) is -3.35. The smallest absolute Gasteiger partial charge is 0.373 e. The van der Waals surface area contributed by atoms with Crippen LogP contribution in [-0.4, -0.2) is 33.8 Å². The quantitative estimate of drug-likeness (QED) is 0.902. The molecule has 4 unspecified atom stereocenters. The highest BCUT2D eigenvalue weighted by Gasteiger charge is 2.62. The molecule has 0 saturated carbocycles. The molecule has 1 aromatic rings. The third-order valence-corrected chi connectivity index (χ3v) is 4.01. The predicted octanol–water partition coefficient (Wildman–Crippen LogP) is 1.71. The van der Waals surface area contributed by atoms with Gasteiger partial charge in [0.1, 0.15) is 0 Å². The van der Waals surface area contributed by atoms with Gasteiger partial charge in [0.2, 0.25) is 11.9 Å². The predicted molar refractivity (Wildman–Crippen MR) is 62.8 cm³/mol. The highest BCUT2D eigenvalue weighted by molar-refractivity contribution is 5.92. The van der Waals surface area contributed by atoms with Gasteiger partial charge in [-0.15, -0.1) is 0 Å². The van der Waals surface area contributed by atoms with Crippen molar-refractivity contribution < 1.29 is 22.7 Å². The second-order valence-electron chi connectivity index (χ2n) is 5.23. The van der Waals surface area contributed by atoms with Crippen LogP contribution in [0.3, 0.4) is 0 Å². The molecule has 110 valence electrons. The van der Waals surface area contributed by atoms with E-state index in [1.807, 2.05) is 0 Å². The normalized spacial score (nSPS) is 32.6. The van der Waals surface area contributed by atoms with Gasteiger partial charge in [0, 0.05) is 19.4 Å². The Hall–Kier alpha value is -1.57. The number of imidazole rings is 1. The van der Waals surface area contributed by atoms with Gasteiger partial charge in [0.15, 0.2) is 0 Å². The zero-order chi connectivity index (χ0) is 14.5. The summed E-state index contributed by atoms with van der Waals surface area (Å²) in [5, 5.41) is 2.45. The summed E-state index contributed by atoms with van der Waals surface area (Å²) in [6, 6.07) is 0. The zero-order valence-corrected chi connectivity index (χ0v) is 10.7. The number of carbonyl (C=O) groups excluding carboxylic acids is 1. The van der Waals surface area contributed by atoms with E-state index < -0.39 is 36.1 Å². The lowest BCUT2D eigenvalue weighted by Crippen LogP contribution is -2.44. The molecule has 1 amide bonds. The zero-order valence-electron chi connectivity index (χ0n) is 10.7. The molecule has 2 bridgehead atoms. The number of hydrogen-bond donors (Lipinski definition) is 1. The Labute approximate surface area is 113 Å². The number of aryl methyl sites for hydroxylation is 1. The fourth-order valence-corrected chi connectivity index (χ4v) is 3.11. The maximum atomic E-state index is 13.1. The van der Waals surface area contributed by atoms with E-state index in [0.717, 1.165) is 0 Å². The van der Waals surface area contributed by atoms with E-state index in [1.165, 1.54) is 10.8 Å². The summed E-state index contributed by atoms with van der Waals surface area (Å²) in [5.41, 5.74) is 0. The molecule has 2 aliphatic heterocycles. The molecule has 0 spiro atoms. The summed E-state index contributed by atoms with van der Waals surface area (Å²) in [7, 11) is 1.65. The Morgan fingerprint density at radius 2 is 2.15 bits per heavy atom. The molecular formula is C12H14F3N3O2. The molecule has 2 fully saturated rings. The van der Waals surface area contributed by atoms with E-state index in [4.69, 9.17) is 4.74 Å². The minimum Gasteiger partial charge on any atom is -0.373 e. The number of anilines is 1. The van der Waals surface area contributed by atoms with Crippen molar-refractivity contribution in [3.05, 3.63) is 12.4 Å². The van der Waals surface area contributed by atoms with Crippen molar-refractivity contribution in [1.29, 1.82) is 0 Å². The minimum atomic E-state index is -4.43. The number of fused-ring (bicyclic) bond motifs is 2. The first-order valence-electron chi connectivity index (χ1n) is 6.38. The van der Waals surface area contributed by atoms with Gasteiger partial charge >= 0.3 is 6.18 Å². The summed E-state index contributed by atoms with van der Waals surface area (Å²) in [4.78, 5) is 16.1. The molecule has 20 heavy (non-hydrogen) atoms. The number of alkyl halides is 3. The highest BCUT2D eigenvalue weighted by atomic mass is 19.4. The average Bonchev–Trinajstić information content (AvgIpc) is 3.03.